The lowest BCUT2D eigenvalue weighted by atomic mass is 10.0. The fraction of sp³-hybridized carbons (Fsp3) is 0.0769. The van der Waals surface area contributed by atoms with E-state index in [4.69, 9.17) is 17.3 Å². The van der Waals surface area contributed by atoms with Crippen LogP contribution < -0.4 is 5.73 Å². The third-order valence-electron chi connectivity index (χ3n) is 2.37. The third-order valence-corrected chi connectivity index (χ3v) is 2.74. The predicted octanol–water partition coefficient (Wildman–Crippen LogP) is 3.47. The van der Waals surface area contributed by atoms with Gasteiger partial charge in [0, 0.05) is 11.6 Å². The van der Waals surface area contributed by atoms with Crippen molar-refractivity contribution in [2.75, 3.05) is 0 Å². The van der Waals surface area contributed by atoms with Crippen LogP contribution in [-0.2, 0) is 6.54 Å². The Morgan fingerprint density at radius 2 is 1.67 bits per heavy atom. The van der Waals surface area contributed by atoms with E-state index in [-0.39, 0.29) is 0 Å². The first-order chi connectivity index (χ1) is 7.31. The van der Waals surface area contributed by atoms with E-state index in [2.05, 4.69) is 12.1 Å². The zero-order valence-corrected chi connectivity index (χ0v) is 9.04. The quantitative estimate of drug-likeness (QED) is 0.819. The minimum atomic E-state index is 0.472. The van der Waals surface area contributed by atoms with Crippen LogP contribution in [0, 0.1) is 0 Å². The molecule has 0 aromatic heterocycles. The first-order valence-electron chi connectivity index (χ1n) is 4.85. The van der Waals surface area contributed by atoms with Crippen LogP contribution in [0.25, 0.3) is 11.1 Å². The SMILES string of the molecule is NCc1cc(-c2ccccc2)ccc1Cl. The first-order valence-corrected chi connectivity index (χ1v) is 5.23. The maximum absolute atomic E-state index is 6.00. The fourth-order valence-electron chi connectivity index (χ4n) is 1.54. The molecule has 0 aliphatic carbocycles. The summed E-state index contributed by atoms with van der Waals surface area (Å²) < 4.78 is 0. The van der Waals surface area contributed by atoms with E-state index in [0.29, 0.717) is 6.54 Å². The highest BCUT2D eigenvalue weighted by Gasteiger charge is 2.01. The molecule has 15 heavy (non-hydrogen) atoms. The van der Waals surface area contributed by atoms with Crippen LogP contribution in [0.15, 0.2) is 48.5 Å². The molecule has 2 heteroatoms. The van der Waals surface area contributed by atoms with Gasteiger partial charge < -0.3 is 5.73 Å². The number of nitrogens with two attached hydrogens (primary N) is 1. The molecule has 76 valence electrons. The summed E-state index contributed by atoms with van der Waals surface area (Å²) in [7, 11) is 0. The number of benzene rings is 2. The molecule has 0 heterocycles. The molecule has 0 spiro atoms. The molecule has 1 nitrogen and oxygen atoms in total. The van der Waals surface area contributed by atoms with E-state index in [1.807, 2.05) is 36.4 Å². The molecule has 0 unspecified atom stereocenters. The van der Waals surface area contributed by atoms with E-state index in [9.17, 15) is 0 Å². The van der Waals surface area contributed by atoms with Crippen LogP contribution in [0.5, 0.6) is 0 Å². The van der Waals surface area contributed by atoms with Gasteiger partial charge in [-0.3, -0.25) is 0 Å². The first kappa shape index (κ1) is 10.2. The van der Waals surface area contributed by atoms with Gasteiger partial charge in [0.2, 0.25) is 0 Å². The molecule has 0 saturated heterocycles. The highest BCUT2D eigenvalue weighted by Crippen LogP contribution is 2.24. The normalized spacial score (nSPS) is 10.3. The Kier molecular flexibility index (Phi) is 3.05. The minimum absolute atomic E-state index is 0.472. The van der Waals surface area contributed by atoms with E-state index in [0.717, 1.165) is 16.1 Å². The summed E-state index contributed by atoms with van der Waals surface area (Å²) in [5, 5.41) is 0.734. The average molecular weight is 218 g/mol. The third kappa shape index (κ3) is 2.20. The maximum atomic E-state index is 6.00. The van der Waals surface area contributed by atoms with Crippen molar-refractivity contribution in [1.82, 2.24) is 0 Å². The second kappa shape index (κ2) is 4.47. The summed E-state index contributed by atoms with van der Waals surface area (Å²) in [6.07, 6.45) is 0. The highest BCUT2D eigenvalue weighted by molar-refractivity contribution is 6.31. The molecule has 0 atom stereocenters. The molecule has 0 radical (unpaired) electrons. The number of rotatable bonds is 2. The van der Waals surface area contributed by atoms with E-state index >= 15 is 0 Å². The van der Waals surface area contributed by atoms with Gasteiger partial charge >= 0.3 is 0 Å². The topological polar surface area (TPSA) is 26.0 Å². The van der Waals surface area contributed by atoms with Crippen molar-refractivity contribution in [3.8, 4) is 11.1 Å². The summed E-state index contributed by atoms with van der Waals surface area (Å²) in [5.74, 6) is 0. The molecule has 2 N–H and O–H groups in total. The molecule has 0 fully saturated rings. The summed E-state index contributed by atoms with van der Waals surface area (Å²) >= 11 is 6.00. The summed E-state index contributed by atoms with van der Waals surface area (Å²) in [5.41, 5.74) is 8.93. The molecular formula is C13H12ClN. The van der Waals surface area contributed by atoms with Crippen molar-refractivity contribution in [2.24, 2.45) is 5.73 Å². The monoisotopic (exact) mass is 217 g/mol. The van der Waals surface area contributed by atoms with Gasteiger partial charge in [-0.2, -0.15) is 0 Å². The summed E-state index contributed by atoms with van der Waals surface area (Å²) in [6, 6.07) is 16.1. The van der Waals surface area contributed by atoms with Crippen LogP contribution in [0.4, 0.5) is 0 Å². The van der Waals surface area contributed by atoms with Gasteiger partial charge in [0.15, 0.2) is 0 Å². The summed E-state index contributed by atoms with van der Waals surface area (Å²) in [4.78, 5) is 0. The van der Waals surface area contributed by atoms with Gasteiger partial charge in [0.1, 0.15) is 0 Å². The fourth-order valence-corrected chi connectivity index (χ4v) is 1.74. The number of hydrogen-bond donors (Lipinski definition) is 1. The molecule has 0 bridgehead atoms. The second-order valence-electron chi connectivity index (χ2n) is 3.38. The molecule has 0 aliphatic rings. The number of halogens is 1. The van der Waals surface area contributed by atoms with E-state index in [1.165, 1.54) is 5.56 Å². The zero-order valence-electron chi connectivity index (χ0n) is 8.28. The Labute approximate surface area is 94.5 Å². The predicted molar refractivity (Wildman–Crippen MR) is 64.8 cm³/mol. The Hall–Kier alpha value is -1.31. The lowest BCUT2D eigenvalue weighted by molar-refractivity contribution is 1.07. The van der Waals surface area contributed by atoms with Crippen molar-refractivity contribution >= 4 is 11.6 Å². The largest absolute Gasteiger partial charge is 0.326 e. The van der Waals surface area contributed by atoms with E-state index < -0.39 is 0 Å². The van der Waals surface area contributed by atoms with Crippen LogP contribution in [0.2, 0.25) is 5.02 Å². The van der Waals surface area contributed by atoms with Gasteiger partial charge in [0.25, 0.3) is 0 Å². The Morgan fingerprint density at radius 3 is 2.33 bits per heavy atom. The molecule has 0 saturated carbocycles. The standard InChI is InChI=1S/C13H12ClN/c14-13-7-6-11(8-12(13)9-15)10-4-2-1-3-5-10/h1-8H,9,15H2. The lowest BCUT2D eigenvalue weighted by Gasteiger charge is -2.05. The minimum Gasteiger partial charge on any atom is -0.326 e. The average Bonchev–Trinajstić information content (AvgIpc) is 2.31. The molecule has 0 amide bonds. The summed E-state index contributed by atoms with van der Waals surface area (Å²) in [6.45, 7) is 0.472. The van der Waals surface area contributed by atoms with Gasteiger partial charge in [-0.05, 0) is 28.8 Å². The van der Waals surface area contributed by atoms with Crippen molar-refractivity contribution in [1.29, 1.82) is 0 Å². The van der Waals surface area contributed by atoms with Gasteiger partial charge in [0.05, 0.1) is 0 Å². The van der Waals surface area contributed by atoms with Crippen LogP contribution in [0.3, 0.4) is 0 Å². The van der Waals surface area contributed by atoms with Crippen LogP contribution in [0.1, 0.15) is 5.56 Å². The second-order valence-corrected chi connectivity index (χ2v) is 3.78. The van der Waals surface area contributed by atoms with Gasteiger partial charge in [-0.25, -0.2) is 0 Å². The smallest absolute Gasteiger partial charge is 0.0451 e. The lowest BCUT2D eigenvalue weighted by Crippen LogP contribution is -1.97. The Bertz CT molecular complexity index is 451. The van der Waals surface area contributed by atoms with Gasteiger partial charge in [-0.15, -0.1) is 0 Å². The maximum Gasteiger partial charge on any atom is 0.0451 e. The molecule has 2 aromatic rings. The van der Waals surface area contributed by atoms with Crippen LogP contribution in [-0.4, -0.2) is 0 Å². The Morgan fingerprint density at radius 1 is 0.933 bits per heavy atom. The molecule has 2 rings (SSSR count). The van der Waals surface area contributed by atoms with Crippen LogP contribution >= 0.6 is 11.6 Å². The number of hydrogen-bond acceptors (Lipinski definition) is 1. The zero-order chi connectivity index (χ0) is 10.7. The molecular weight excluding hydrogens is 206 g/mol. The van der Waals surface area contributed by atoms with Crippen molar-refractivity contribution in [2.45, 2.75) is 6.54 Å². The van der Waals surface area contributed by atoms with Gasteiger partial charge in [-0.1, -0.05) is 48.0 Å². The van der Waals surface area contributed by atoms with E-state index in [1.54, 1.807) is 0 Å². The Balaban J connectivity index is 2.46. The highest BCUT2D eigenvalue weighted by atomic mass is 35.5. The van der Waals surface area contributed by atoms with Crippen molar-refractivity contribution in [3.63, 3.8) is 0 Å². The van der Waals surface area contributed by atoms with Crippen molar-refractivity contribution < 1.29 is 0 Å². The van der Waals surface area contributed by atoms with Crippen molar-refractivity contribution in [3.05, 3.63) is 59.1 Å². The molecule has 0 aliphatic heterocycles. The molecule has 2 aromatic carbocycles.